The van der Waals surface area contributed by atoms with Crippen LogP contribution in [0, 0.1) is 0 Å². The van der Waals surface area contributed by atoms with Crippen molar-refractivity contribution in [2.45, 2.75) is 0 Å². The molecule has 0 aromatic rings. The Kier molecular flexibility index (Phi) is 1.65. The molecule has 0 saturated heterocycles. The van der Waals surface area contributed by atoms with Crippen LogP contribution in [0.2, 0.25) is 0 Å². The molecule has 0 atom stereocenters. The second-order valence-corrected chi connectivity index (χ2v) is 7.73. The van der Waals surface area contributed by atoms with Crippen LogP contribution in [0.5, 0.6) is 0 Å². The zero-order valence-corrected chi connectivity index (χ0v) is 7.52. The van der Waals surface area contributed by atoms with E-state index in [-0.39, 0.29) is 0 Å². The van der Waals surface area contributed by atoms with Crippen LogP contribution >= 0.6 is 8.08 Å². The molecule has 0 saturated carbocycles. The monoisotopic (exact) mass is 206 g/mol. The van der Waals surface area contributed by atoms with Crippen molar-refractivity contribution in [2.24, 2.45) is 0 Å². The second-order valence-electron chi connectivity index (χ2n) is 1.13. The van der Waals surface area contributed by atoms with Crippen molar-refractivity contribution in [3.05, 3.63) is 23.0 Å². The normalized spacial score (nSPS) is 23.2. The number of hydrogen-bond acceptors (Lipinski definition) is 0. The predicted octanol–water partition coefficient (Wildman–Crippen LogP) is 0.844. The van der Waals surface area contributed by atoms with Crippen LogP contribution in [0.4, 0.5) is 0 Å². The van der Waals surface area contributed by atoms with Crippen LogP contribution in [0.15, 0.2) is 23.0 Å². The third-order valence-electron chi connectivity index (χ3n) is 0.628. The summed E-state index contributed by atoms with van der Waals surface area (Å²) in [6, 6.07) is 0. The molecule has 1 aliphatic heterocycles. The second kappa shape index (κ2) is 2.07. The van der Waals surface area contributed by atoms with Crippen LogP contribution in [0.3, 0.4) is 0 Å². The molecule has 0 N–H and O–H groups in total. The quantitative estimate of drug-likeness (QED) is 0.439. The van der Waals surface area contributed by atoms with E-state index in [2.05, 4.69) is 23.0 Å². The van der Waals surface area contributed by atoms with Crippen molar-refractivity contribution >= 4 is 29.2 Å². The Labute approximate surface area is 52.2 Å². The number of thiol groups is 1. The van der Waals surface area contributed by atoms with Gasteiger partial charge in [-0.3, -0.25) is 0 Å². The summed E-state index contributed by atoms with van der Waals surface area (Å²) in [5, 5.41) is 4.58. The van der Waals surface area contributed by atoms with Crippen molar-refractivity contribution in [2.75, 3.05) is 0 Å². The van der Waals surface area contributed by atoms with Gasteiger partial charge in [0, 0.05) is 0 Å². The Morgan fingerprint density at radius 1 is 1.17 bits per heavy atom. The van der Waals surface area contributed by atoms with Gasteiger partial charge in [0.05, 0.1) is 0 Å². The summed E-state index contributed by atoms with van der Waals surface area (Å²) < 4.78 is 0. The standard InChI is InChI=1S/C4H4S.Sn.H/c1-2-4-5-3-1;;/h1-4H;;/q;-1;/p+1. The number of hydrogen-bond donors (Lipinski definition) is 1. The van der Waals surface area contributed by atoms with Crippen LogP contribution in [0.25, 0.3) is 0 Å². The van der Waals surface area contributed by atoms with Gasteiger partial charge in [0.15, 0.2) is 0 Å². The molecule has 1 rings (SSSR count). The first-order valence-corrected chi connectivity index (χ1v) is 7.75. The van der Waals surface area contributed by atoms with Crippen molar-refractivity contribution < 1.29 is 0 Å². The van der Waals surface area contributed by atoms with Crippen LogP contribution in [0.1, 0.15) is 0 Å². The van der Waals surface area contributed by atoms with Gasteiger partial charge in [0.2, 0.25) is 0 Å². The van der Waals surface area contributed by atoms with E-state index in [0.717, 1.165) is 0 Å². The molecule has 32 valence electrons. The van der Waals surface area contributed by atoms with Gasteiger partial charge >= 0.3 is 52.2 Å². The fourth-order valence-corrected chi connectivity index (χ4v) is 2.75. The summed E-state index contributed by atoms with van der Waals surface area (Å²) in [5.74, 6) is 0. The summed E-state index contributed by atoms with van der Waals surface area (Å²) >= 11 is 1.40. The first kappa shape index (κ1) is 4.78. The zero-order chi connectivity index (χ0) is 4.41. The van der Waals surface area contributed by atoms with Gasteiger partial charge in [0.25, 0.3) is 0 Å². The van der Waals surface area contributed by atoms with Gasteiger partial charge in [-0.1, -0.05) is 0 Å². The summed E-state index contributed by atoms with van der Waals surface area (Å²) in [4.78, 5) is 0. The minimum atomic E-state index is 0.304. The molecule has 0 unspecified atom stereocenters. The Morgan fingerprint density at radius 2 is 1.67 bits per heavy atom. The fourth-order valence-electron chi connectivity index (χ4n) is 0.348. The van der Waals surface area contributed by atoms with E-state index >= 15 is 0 Å². The van der Waals surface area contributed by atoms with E-state index in [4.69, 9.17) is 0 Å². The maximum atomic E-state index is 2.29. The summed E-state index contributed by atoms with van der Waals surface area (Å²) in [5.41, 5.74) is 0. The maximum absolute atomic E-state index is 2.29. The van der Waals surface area contributed by atoms with Gasteiger partial charge in [-0.2, -0.15) is 0 Å². The molecule has 0 spiro atoms. The first-order chi connectivity index (χ1) is 2.89. The molecule has 2 radical (unpaired) electrons. The van der Waals surface area contributed by atoms with Gasteiger partial charge < -0.3 is 0 Å². The zero-order valence-electron chi connectivity index (χ0n) is 3.33. The Morgan fingerprint density at radius 3 is 1.83 bits per heavy atom. The third-order valence-corrected chi connectivity index (χ3v) is 4.61. The van der Waals surface area contributed by atoms with Gasteiger partial charge in [0.1, 0.15) is 0 Å². The first-order valence-electron chi connectivity index (χ1n) is 1.77. The Bertz CT molecular complexity index is 83.7. The number of rotatable bonds is 0. The molecule has 0 amide bonds. The van der Waals surface area contributed by atoms with Crippen LogP contribution in [-0.4, -0.2) is 21.1 Å². The molecule has 0 bridgehead atoms. The Balaban J connectivity index is 2.60. The van der Waals surface area contributed by atoms with Crippen molar-refractivity contribution in [1.29, 1.82) is 0 Å². The van der Waals surface area contributed by atoms with E-state index in [1.54, 1.807) is 0 Å². The third kappa shape index (κ3) is 1.05. The van der Waals surface area contributed by atoms with E-state index in [1.807, 2.05) is 0 Å². The van der Waals surface area contributed by atoms with E-state index in [9.17, 15) is 0 Å². The average molecular weight is 205 g/mol. The van der Waals surface area contributed by atoms with Gasteiger partial charge in [-0.15, -0.1) is 0 Å². The minimum absolute atomic E-state index is 0.304. The molecular weight excluding hydrogens is 199 g/mol. The summed E-state index contributed by atoms with van der Waals surface area (Å²) in [6.07, 6.45) is 4.27. The topological polar surface area (TPSA) is 0 Å². The molecule has 6 heavy (non-hydrogen) atoms. The van der Waals surface area contributed by atoms with Crippen LogP contribution < -0.4 is 0 Å². The SMILES string of the molecule is [SnH][SH]1C=CC=C1. The van der Waals surface area contributed by atoms with E-state index in [0.29, 0.717) is 8.08 Å². The van der Waals surface area contributed by atoms with Crippen molar-refractivity contribution in [1.82, 2.24) is 0 Å². The Hall–Kier alpha value is 0.629. The van der Waals surface area contributed by atoms with E-state index < -0.39 is 0 Å². The molecule has 1 aliphatic rings. The average Bonchev–Trinajstić information content (AvgIpc) is 1.86. The summed E-state index contributed by atoms with van der Waals surface area (Å²) in [6.45, 7) is 0. The molecule has 2 heteroatoms. The molecule has 0 aliphatic carbocycles. The van der Waals surface area contributed by atoms with Crippen molar-refractivity contribution in [3.63, 3.8) is 0 Å². The molecule has 0 fully saturated rings. The van der Waals surface area contributed by atoms with Gasteiger partial charge in [-0.05, 0) is 0 Å². The molecule has 1 heterocycles. The molecule has 0 aromatic carbocycles. The molecule has 0 aromatic heterocycles. The van der Waals surface area contributed by atoms with E-state index in [1.165, 1.54) is 21.1 Å². The van der Waals surface area contributed by atoms with Gasteiger partial charge in [-0.25, -0.2) is 0 Å². The fraction of sp³-hybridized carbons (Fsp3) is 0. The number of allylic oxidation sites excluding steroid dienone is 2. The summed E-state index contributed by atoms with van der Waals surface area (Å²) in [7, 11) is 0.304. The van der Waals surface area contributed by atoms with Crippen molar-refractivity contribution in [3.8, 4) is 0 Å². The molecular formula is C4H6SSn. The molecule has 0 nitrogen and oxygen atoms in total. The predicted molar refractivity (Wildman–Crippen MR) is 34.4 cm³/mol. The van der Waals surface area contributed by atoms with Crippen LogP contribution in [-0.2, 0) is 0 Å².